The molecule has 3 aliphatic carbocycles. The smallest absolute Gasteiger partial charge is 0.195 e. The normalized spacial score (nSPS) is 32.1. The van der Waals surface area contributed by atoms with Crippen molar-refractivity contribution in [3.63, 3.8) is 0 Å². The van der Waals surface area contributed by atoms with E-state index in [2.05, 4.69) is 7.11 Å². The number of hydrogen-bond donors (Lipinski definition) is 1. The predicted octanol–water partition coefficient (Wildman–Crippen LogP) is 2.48. The van der Waals surface area contributed by atoms with Crippen molar-refractivity contribution < 1.29 is 14.6 Å². The summed E-state index contributed by atoms with van der Waals surface area (Å²) in [6, 6.07) is 0. The molecule has 0 aromatic heterocycles. The highest BCUT2D eigenvalue weighted by Crippen LogP contribution is 2.64. The second-order valence-electron chi connectivity index (χ2n) is 6.05. The first-order valence-electron chi connectivity index (χ1n) is 6.64. The van der Waals surface area contributed by atoms with Gasteiger partial charge in [0.05, 0.1) is 13.7 Å². The van der Waals surface area contributed by atoms with Crippen LogP contribution in [0.5, 0.6) is 0 Å². The Morgan fingerprint density at radius 1 is 1.42 bits per heavy atom. The van der Waals surface area contributed by atoms with Crippen molar-refractivity contribution in [3.8, 4) is 0 Å². The lowest BCUT2D eigenvalue weighted by Crippen LogP contribution is -2.49. The molecule has 0 heterocycles. The second kappa shape index (κ2) is 3.68. The van der Waals surface area contributed by atoms with E-state index in [1.165, 1.54) is 0 Å². The summed E-state index contributed by atoms with van der Waals surface area (Å²) in [5, 5.41) is 10.7. The number of carbonyl (C=O) groups excluding carboxylic acids is 1. The zero-order valence-corrected chi connectivity index (χ0v) is 11.7. The van der Waals surface area contributed by atoms with Crippen LogP contribution in [0.15, 0.2) is 33.9 Å². The van der Waals surface area contributed by atoms with E-state index in [4.69, 9.17) is 4.74 Å². The van der Waals surface area contributed by atoms with Crippen molar-refractivity contribution in [2.75, 3.05) is 6.61 Å². The number of allylic oxidation sites excluding steroid dienone is 2. The van der Waals surface area contributed by atoms with Crippen molar-refractivity contribution in [1.82, 2.24) is 0 Å². The van der Waals surface area contributed by atoms with Gasteiger partial charge in [-0.3, -0.25) is 4.79 Å². The van der Waals surface area contributed by atoms with Crippen LogP contribution in [-0.4, -0.2) is 23.1 Å². The highest BCUT2D eigenvalue weighted by atomic mass is 16.5. The Hall–Kier alpha value is -1.19. The van der Waals surface area contributed by atoms with Gasteiger partial charge in [0, 0.05) is 11.0 Å². The quantitative estimate of drug-likeness (QED) is 0.828. The number of Topliss-reactive ketones (excluding diaryl/α,β-unsaturated/α-hetero) is 1. The van der Waals surface area contributed by atoms with Crippen molar-refractivity contribution in [3.05, 3.63) is 41.1 Å². The van der Waals surface area contributed by atoms with E-state index < -0.39 is 5.60 Å². The molecule has 101 valence electrons. The molecule has 3 nitrogen and oxygen atoms in total. The first kappa shape index (κ1) is 12.8. The third-order valence-electron chi connectivity index (χ3n) is 5.12. The van der Waals surface area contributed by atoms with E-state index in [-0.39, 0.29) is 11.2 Å². The van der Waals surface area contributed by atoms with Crippen LogP contribution in [-0.2, 0) is 9.53 Å². The van der Waals surface area contributed by atoms with Gasteiger partial charge < -0.3 is 9.84 Å². The van der Waals surface area contributed by atoms with Crippen LogP contribution in [0, 0.1) is 12.5 Å². The fourth-order valence-corrected chi connectivity index (χ4v) is 3.70. The Morgan fingerprint density at radius 3 is 2.58 bits per heavy atom. The Kier molecular flexibility index (Phi) is 2.48. The van der Waals surface area contributed by atoms with Crippen LogP contribution in [0.1, 0.15) is 33.6 Å². The van der Waals surface area contributed by atoms with Gasteiger partial charge in [-0.15, -0.1) is 0 Å². The number of rotatable bonds is 2. The summed E-state index contributed by atoms with van der Waals surface area (Å²) in [5.74, 6) is -0.149. The molecule has 3 heteroatoms. The summed E-state index contributed by atoms with van der Waals surface area (Å²) in [6.07, 6.45) is 3.64. The monoisotopic (exact) mass is 259 g/mol. The van der Waals surface area contributed by atoms with Crippen molar-refractivity contribution in [1.29, 1.82) is 0 Å². The summed E-state index contributed by atoms with van der Waals surface area (Å²) in [7, 11) is 3.43. The molecule has 0 aliphatic heterocycles. The molecule has 3 aliphatic rings. The van der Waals surface area contributed by atoms with Crippen LogP contribution in [0.4, 0.5) is 0 Å². The predicted molar refractivity (Wildman–Crippen MR) is 72.1 cm³/mol. The summed E-state index contributed by atoms with van der Waals surface area (Å²) >= 11 is 0. The number of ether oxygens (including phenoxy) is 1. The fourth-order valence-electron chi connectivity index (χ4n) is 3.70. The molecule has 0 aromatic rings. The van der Waals surface area contributed by atoms with Gasteiger partial charge in [-0.2, -0.15) is 0 Å². The van der Waals surface area contributed by atoms with Gasteiger partial charge in [0.1, 0.15) is 5.60 Å². The van der Waals surface area contributed by atoms with E-state index in [1.54, 1.807) is 6.92 Å². The summed E-state index contributed by atoms with van der Waals surface area (Å²) in [6.45, 7) is 6.08. The van der Waals surface area contributed by atoms with Gasteiger partial charge in [-0.05, 0) is 56.4 Å². The van der Waals surface area contributed by atoms with E-state index in [9.17, 15) is 9.90 Å². The zero-order valence-electron chi connectivity index (χ0n) is 11.7. The highest BCUT2D eigenvalue weighted by molar-refractivity contribution is 6.10. The molecule has 1 saturated carbocycles. The van der Waals surface area contributed by atoms with Crippen LogP contribution in [0.2, 0.25) is 0 Å². The molecule has 0 saturated heterocycles. The zero-order chi connectivity index (χ0) is 14.0. The van der Waals surface area contributed by atoms with Gasteiger partial charge in [0.25, 0.3) is 0 Å². The van der Waals surface area contributed by atoms with E-state index in [0.717, 1.165) is 35.1 Å². The van der Waals surface area contributed by atoms with Gasteiger partial charge in [-0.1, -0.05) is 5.57 Å². The third-order valence-corrected chi connectivity index (χ3v) is 5.12. The molecule has 1 N–H and O–H groups in total. The van der Waals surface area contributed by atoms with E-state index in [1.807, 2.05) is 19.9 Å². The second-order valence-corrected chi connectivity index (χ2v) is 6.05. The van der Waals surface area contributed by atoms with E-state index in [0.29, 0.717) is 12.2 Å². The standard InChI is InChI=1S/C16H19O3/c1-9-7-11-13(12(9)8-19-4)10(2)16(5-6-16)15(3,18)14(11)17/h7,18H,4-6,8H2,1-3H3/t15-/m0/s1. The minimum Gasteiger partial charge on any atom is -0.381 e. The Bertz CT molecular complexity index is 569. The number of aliphatic hydroxyl groups is 1. The largest absolute Gasteiger partial charge is 0.381 e. The molecule has 0 aromatic carbocycles. The Labute approximate surface area is 113 Å². The summed E-state index contributed by atoms with van der Waals surface area (Å²) < 4.78 is 5.02. The maximum Gasteiger partial charge on any atom is 0.195 e. The molecule has 3 rings (SSSR count). The summed E-state index contributed by atoms with van der Waals surface area (Å²) in [5.41, 5.74) is 3.22. The van der Waals surface area contributed by atoms with Crippen LogP contribution in [0.3, 0.4) is 0 Å². The average Bonchev–Trinajstić information content (AvgIpc) is 3.10. The van der Waals surface area contributed by atoms with Crippen molar-refractivity contribution in [2.45, 2.75) is 39.2 Å². The molecule has 0 unspecified atom stereocenters. The maximum atomic E-state index is 12.6. The van der Waals surface area contributed by atoms with Gasteiger partial charge in [0.15, 0.2) is 5.78 Å². The molecule has 0 bridgehead atoms. The number of fused-ring (bicyclic) bond motifs is 1. The lowest BCUT2D eigenvalue weighted by Gasteiger charge is -2.39. The number of hydrogen-bond acceptors (Lipinski definition) is 3. The van der Waals surface area contributed by atoms with Crippen molar-refractivity contribution in [2.24, 2.45) is 5.41 Å². The number of carbonyl (C=O) groups is 1. The highest BCUT2D eigenvalue weighted by Gasteiger charge is 2.64. The minimum atomic E-state index is -1.27. The molecular weight excluding hydrogens is 240 g/mol. The van der Waals surface area contributed by atoms with E-state index >= 15 is 0 Å². The lowest BCUT2D eigenvalue weighted by molar-refractivity contribution is -0.137. The molecule has 0 amide bonds. The van der Waals surface area contributed by atoms with Gasteiger partial charge in [0.2, 0.25) is 0 Å². The fraction of sp³-hybridized carbons (Fsp3) is 0.500. The first-order valence-corrected chi connectivity index (χ1v) is 6.64. The topological polar surface area (TPSA) is 46.5 Å². The molecule has 19 heavy (non-hydrogen) atoms. The molecule has 1 radical (unpaired) electrons. The van der Waals surface area contributed by atoms with Gasteiger partial charge >= 0.3 is 0 Å². The SMILES string of the molecule is [CH2]OCC1=C(C)C=C2C(=O)[C@](C)(O)C3(CC3)C(C)=C21. The molecule has 1 atom stereocenters. The molecular formula is C16H19O3. The first-order chi connectivity index (χ1) is 8.87. The Morgan fingerprint density at radius 2 is 2.05 bits per heavy atom. The maximum absolute atomic E-state index is 12.6. The minimum absolute atomic E-state index is 0.149. The molecule has 1 fully saturated rings. The van der Waals surface area contributed by atoms with Crippen LogP contribution < -0.4 is 0 Å². The number of ketones is 1. The Balaban J connectivity index is 2.21. The summed E-state index contributed by atoms with van der Waals surface area (Å²) in [4.78, 5) is 12.6. The van der Waals surface area contributed by atoms with Crippen molar-refractivity contribution >= 4 is 5.78 Å². The molecule has 1 spiro atoms. The van der Waals surface area contributed by atoms with Gasteiger partial charge in [-0.25, -0.2) is 0 Å². The van der Waals surface area contributed by atoms with Crippen LogP contribution in [0.25, 0.3) is 0 Å². The van der Waals surface area contributed by atoms with Crippen LogP contribution >= 0.6 is 0 Å². The third kappa shape index (κ3) is 1.37. The average molecular weight is 259 g/mol. The lowest BCUT2D eigenvalue weighted by atomic mass is 9.67.